The van der Waals surface area contributed by atoms with Crippen molar-refractivity contribution in [3.05, 3.63) is 101 Å². The lowest BCUT2D eigenvalue weighted by molar-refractivity contribution is 0.0600. The summed E-state index contributed by atoms with van der Waals surface area (Å²) in [7, 11) is 1.35. The number of hydrogen-bond acceptors (Lipinski definition) is 6. The molecule has 1 amide bonds. The van der Waals surface area contributed by atoms with Gasteiger partial charge in [0.05, 0.1) is 24.4 Å². The van der Waals surface area contributed by atoms with Crippen LogP contribution in [0.3, 0.4) is 0 Å². The molecule has 1 aliphatic rings. The van der Waals surface area contributed by atoms with E-state index in [1.807, 2.05) is 60.7 Å². The highest BCUT2D eigenvalue weighted by molar-refractivity contribution is 5.89. The van der Waals surface area contributed by atoms with Gasteiger partial charge in [-0.05, 0) is 47.4 Å². The Morgan fingerprint density at radius 2 is 1.81 bits per heavy atom. The molecule has 2 aromatic carbocycles. The lowest BCUT2D eigenvalue weighted by Crippen LogP contribution is -2.37. The molecular weight excluding hydrogens is 406 g/mol. The van der Waals surface area contributed by atoms with Crippen molar-refractivity contribution in [2.24, 2.45) is 0 Å². The SMILES string of the molecule is COC(=O)c1ccc(C2C=C(c3cccnn3)CCN2C(=O)OCc2ccccc2)cc1. The summed E-state index contributed by atoms with van der Waals surface area (Å²) in [5.74, 6) is -0.407. The van der Waals surface area contributed by atoms with Crippen LogP contribution in [0.1, 0.15) is 39.6 Å². The van der Waals surface area contributed by atoms with Crippen LogP contribution in [-0.4, -0.2) is 40.8 Å². The molecule has 1 aromatic heterocycles. The average Bonchev–Trinajstić information content (AvgIpc) is 2.87. The van der Waals surface area contributed by atoms with Crippen molar-refractivity contribution < 1.29 is 19.1 Å². The Hall–Kier alpha value is -4.00. The molecule has 7 nitrogen and oxygen atoms in total. The molecule has 0 spiro atoms. The fourth-order valence-electron chi connectivity index (χ4n) is 3.65. The van der Waals surface area contributed by atoms with Crippen LogP contribution in [0.2, 0.25) is 0 Å². The van der Waals surface area contributed by atoms with Gasteiger partial charge >= 0.3 is 12.1 Å². The number of carbonyl (C=O) groups excluding carboxylic acids is 2. The topological polar surface area (TPSA) is 81.6 Å². The van der Waals surface area contributed by atoms with Crippen LogP contribution in [-0.2, 0) is 16.1 Å². The van der Waals surface area contributed by atoms with Gasteiger partial charge in [-0.3, -0.25) is 4.90 Å². The number of esters is 1. The lowest BCUT2D eigenvalue weighted by atomic mass is 9.94. The number of aromatic nitrogens is 2. The normalized spacial score (nSPS) is 15.6. The van der Waals surface area contributed by atoms with Gasteiger partial charge in [0.15, 0.2) is 0 Å². The van der Waals surface area contributed by atoms with E-state index in [-0.39, 0.29) is 12.6 Å². The number of ether oxygens (including phenoxy) is 2. The molecule has 1 unspecified atom stereocenters. The Balaban J connectivity index is 1.60. The van der Waals surface area contributed by atoms with E-state index in [2.05, 4.69) is 10.2 Å². The number of hydrogen-bond donors (Lipinski definition) is 0. The second-order valence-corrected chi connectivity index (χ2v) is 7.34. The third kappa shape index (κ3) is 4.83. The number of rotatable bonds is 5. The largest absolute Gasteiger partial charge is 0.465 e. The monoisotopic (exact) mass is 429 g/mol. The summed E-state index contributed by atoms with van der Waals surface area (Å²) in [6.45, 7) is 0.671. The van der Waals surface area contributed by atoms with Crippen molar-refractivity contribution >= 4 is 17.6 Å². The van der Waals surface area contributed by atoms with Crippen LogP contribution >= 0.6 is 0 Å². The number of nitrogens with zero attached hydrogens (tertiary/aromatic N) is 3. The van der Waals surface area contributed by atoms with Gasteiger partial charge in [0.1, 0.15) is 6.61 Å². The molecule has 0 N–H and O–H groups in total. The molecule has 0 aliphatic carbocycles. The van der Waals surface area contributed by atoms with Gasteiger partial charge in [0.25, 0.3) is 0 Å². The van der Waals surface area contributed by atoms with Crippen LogP contribution in [0.4, 0.5) is 4.79 Å². The highest BCUT2D eigenvalue weighted by atomic mass is 16.6. The van der Waals surface area contributed by atoms with Gasteiger partial charge in [0, 0.05) is 12.7 Å². The zero-order valence-corrected chi connectivity index (χ0v) is 17.7. The van der Waals surface area contributed by atoms with E-state index in [1.54, 1.807) is 23.2 Å². The molecule has 1 atom stereocenters. The predicted molar refractivity (Wildman–Crippen MR) is 118 cm³/mol. The third-order valence-electron chi connectivity index (χ3n) is 5.33. The van der Waals surface area contributed by atoms with E-state index >= 15 is 0 Å². The lowest BCUT2D eigenvalue weighted by Gasteiger charge is -2.34. The summed E-state index contributed by atoms with van der Waals surface area (Å²) in [6.07, 6.45) is 3.87. The number of benzene rings is 2. The van der Waals surface area contributed by atoms with E-state index < -0.39 is 12.1 Å². The fourth-order valence-corrected chi connectivity index (χ4v) is 3.65. The first-order valence-corrected chi connectivity index (χ1v) is 10.3. The van der Waals surface area contributed by atoms with Crippen LogP contribution < -0.4 is 0 Å². The second kappa shape index (κ2) is 9.87. The Kier molecular flexibility index (Phi) is 6.55. The molecule has 1 aliphatic heterocycles. The molecule has 2 heterocycles. The van der Waals surface area contributed by atoms with E-state index in [0.29, 0.717) is 18.5 Å². The maximum atomic E-state index is 13.0. The quantitative estimate of drug-likeness (QED) is 0.558. The molecule has 32 heavy (non-hydrogen) atoms. The van der Waals surface area contributed by atoms with Gasteiger partial charge in [-0.2, -0.15) is 10.2 Å². The smallest absolute Gasteiger partial charge is 0.410 e. The molecule has 0 saturated carbocycles. The maximum absolute atomic E-state index is 13.0. The first kappa shape index (κ1) is 21.2. The summed E-state index contributed by atoms with van der Waals surface area (Å²) in [5.41, 5.74) is 4.01. The van der Waals surface area contributed by atoms with Crippen molar-refractivity contribution in [2.75, 3.05) is 13.7 Å². The minimum atomic E-state index is -0.407. The Morgan fingerprint density at radius 1 is 1.03 bits per heavy atom. The molecule has 0 fully saturated rings. The number of methoxy groups -OCH3 is 1. The Morgan fingerprint density at radius 3 is 2.50 bits per heavy atom. The van der Waals surface area contributed by atoms with Gasteiger partial charge in [-0.25, -0.2) is 9.59 Å². The van der Waals surface area contributed by atoms with Crippen molar-refractivity contribution in [1.82, 2.24) is 15.1 Å². The minimum Gasteiger partial charge on any atom is -0.465 e. The molecule has 0 saturated heterocycles. The van der Waals surface area contributed by atoms with E-state index in [1.165, 1.54) is 7.11 Å². The van der Waals surface area contributed by atoms with Crippen molar-refractivity contribution in [1.29, 1.82) is 0 Å². The molecule has 162 valence electrons. The van der Waals surface area contributed by atoms with Gasteiger partial charge in [-0.1, -0.05) is 48.5 Å². The first-order chi connectivity index (χ1) is 15.7. The molecule has 3 aromatic rings. The van der Waals surface area contributed by atoms with Crippen LogP contribution in [0.25, 0.3) is 5.57 Å². The van der Waals surface area contributed by atoms with E-state index in [0.717, 1.165) is 22.4 Å². The third-order valence-corrected chi connectivity index (χ3v) is 5.33. The van der Waals surface area contributed by atoms with Gasteiger partial charge in [-0.15, -0.1) is 0 Å². The predicted octanol–water partition coefficient (Wildman–Crippen LogP) is 4.43. The van der Waals surface area contributed by atoms with Crippen LogP contribution in [0.15, 0.2) is 79.0 Å². The van der Waals surface area contributed by atoms with Crippen molar-refractivity contribution in [3.63, 3.8) is 0 Å². The fraction of sp³-hybridized carbons (Fsp3) is 0.200. The zero-order chi connectivity index (χ0) is 22.3. The number of carbonyl (C=O) groups is 2. The van der Waals surface area contributed by atoms with E-state index in [4.69, 9.17) is 9.47 Å². The highest BCUT2D eigenvalue weighted by Crippen LogP contribution is 2.33. The molecule has 0 bridgehead atoms. The zero-order valence-electron chi connectivity index (χ0n) is 17.7. The van der Waals surface area contributed by atoms with Crippen LogP contribution in [0.5, 0.6) is 0 Å². The molecule has 0 radical (unpaired) electrons. The Labute approximate surface area is 186 Å². The summed E-state index contributed by atoms with van der Waals surface area (Å²) in [5, 5.41) is 8.18. The highest BCUT2D eigenvalue weighted by Gasteiger charge is 2.30. The van der Waals surface area contributed by atoms with E-state index in [9.17, 15) is 9.59 Å². The molecule has 4 rings (SSSR count). The molecule has 7 heteroatoms. The maximum Gasteiger partial charge on any atom is 0.410 e. The summed E-state index contributed by atoms with van der Waals surface area (Å²) in [4.78, 5) is 26.5. The first-order valence-electron chi connectivity index (χ1n) is 10.3. The average molecular weight is 429 g/mol. The summed E-state index contributed by atoms with van der Waals surface area (Å²) in [6, 6.07) is 20.0. The van der Waals surface area contributed by atoms with Crippen molar-refractivity contribution in [2.45, 2.75) is 19.1 Å². The Bertz CT molecular complexity index is 1100. The number of amides is 1. The standard InChI is InChI=1S/C25H23N3O4/c1-31-24(29)20-11-9-19(10-12-20)23-16-21(22-8-5-14-26-27-22)13-15-28(23)25(30)32-17-18-6-3-2-4-7-18/h2-12,14,16,23H,13,15,17H2,1H3. The molecular formula is C25H23N3O4. The second-order valence-electron chi connectivity index (χ2n) is 7.34. The van der Waals surface area contributed by atoms with Crippen molar-refractivity contribution in [3.8, 4) is 0 Å². The minimum absolute atomic E-state index is 0.199. The van der Waals surface area contributed by atoms with Crippen LogP contribution in [0, 0.1) is 0 Å². The van der Waals surface area contributed by atoms with Gasteiger partial charge < -0.3 is 9.47 Å². The van der Waals surface area contributed by atoms with Gasteiger partial charge in [0.2, 0.25) is 0 Å². The summed E-state index contributed by atoms with van der Waals surface area (Å²) >= 11 is 0. The summed E-state index contributed by atoms with van der Waals surface area (Å²) < 4.78 is 10.4.